The highest BCUT2D eigenvalue weighted by atomic mass is 32.2. The number of sulfone groups is 1. The van der Waals surface area contributed by atoms with Gasteiger partial charge in [0, 0.05) is 11.9 Å². The van der Waals surface area contributed by atoms with Crippen LogP contribution in [0.5, 0.6) is 0 Å². The molecule has 0 aromatic heterocycles. The second-order valence-corrected chi connectivity index (χ2v) is 7.25. The fourth-order valence-electron chi connectivity index (χ4n) is 2.71. The smallest absolute Gasteiger partial charge is 0.175 e. The molecule has 1 aliphatic rings. The van der Waals surface area contributed by atoms with E-state index in [2.05, 4.69) is 29.6 Å². The molecule has 0 radical (unpaired) electrons. The van der Waals surface area contributed by atoms with Crippen LogP contribution in [0, 0.1) is 0 Å². The number of nitrogens with one attached hydrogen (secondary N) is 1. The number of fused-ring (bicyclic) bond motifs is 1. The van der Waals surface area contributed by atoms with Crippen molar-refractivity contribution >= 4 is 15.5 Å². The number of benzene rings is 2. The molecule has 0 aliphatic heterocycles. The molecule has 20 heavy (non-hydrogen) atoms. The Morgan fingerprint density at radius 3 is 2.45 bits per heavy atom. The molecule has 0 saturated carbocycles. The van der Waals surface area contributed by atoms with Gasteiger partial charge in [0.2, 0.25) is 0 Å². The predicted molar refractivity (Wildman–Crippen MR) is 80.7 cm³/mol. The van der Waals surface area contributed by atoms with E-state index in [1.54, 1.807) is 12.1 Å². The van der Waals surface area contributed by atoms with Gasteiger partial charge in [0.05, 0.1) is 10.9 Å². The summed E-state index contributed by atoms with van der Waals surface area (Å²) in [6, 6.07) is 15.7. The van der Waals surface area contributed by atoms with Crippen molar-refractivity contribution in [1.29, 1.82) is 0 Å². The molecule has 1 N–H and O–H groups in total. The van der Waals surface area contributed by atoms with Crippen molar-refractivity contribution in [3.05, 3.63) is 59.7 Å². The van der Waals surface area contributed by atoms with Crippen molar-refractivity contribution in [3.63, 3.8) is 0 Å². The Balaban J connectivity index is 1.80. The van der Waals surface area contributed by atoms with Gasteiger partial charge in [-0.1, -0.05) is 24.3 Å². The third-order valence-electron chi connectivity index (χ3n) is 3.76. The van der Waals surface area contributed by atoms with Crippen LogP contribution in [0.15, 0.2) is 53.4 Å². The minimum absolute atomic E-state index is 0.315. The number of hydrogen-bond acceptors (Lipinski definition) is 3. The van der Waals surface area contributed by atoms with Gasteiger partial charge in [-0.2, -0.15) is 0 Å². The summed E-state index contributed by atoms with van der Waals surface area (Å²) in [6.45, 7) is 0. The molecule has 4 heteroatoms. The van der Waals surface area contributed by atoms with Gasteiger partial charge < -0.3 is 5.32 Å². The van der Waals surface area contributed by atoms with E-state index in [0.29, 0.717) is 10.9 Å². The van der Waals surface area contributed by atoms with E-state index in [1.807, 2.05) is 12.1 Å². The molecule has 2 aromatic rings. The van der Waals surface area contributed by atoms with Gasteiger partial charge in [-0.25, -0.2) is 8.42 Å². The maximum atomic E-state index is 11.4. The Kier molecular flexibility index (Phi) is 3.26. The van der Waals surface area contributed by atoms with Crippen LogP contribution in [0.1, 0.15) is 23.6 Å². The topological polar surface area (TPSA) is 46.2 Å². The van der Waals surface area contributed by atoms with Crippen LogP contribution in [0.25, 0.3) is 0 Å². The first kappa shape index (κ1) is 13.2. The van der Waals surface area contributed by atoms with E-state index in [9.17, 15) is 8.42 Å². The molecule has 0 fully saturated rings. The van der Waals surface area contributed by atoms with Crippen LogP contribution in [-0.2, 0) is 16.3 Å². The molecule has 0 saturated heterocycles. The molecule has 1 unspecified atom stereocenters. The van der Waals surface area contributed by atoms with Crippen molar-refractivity contribution in [3.8, 4) is 0 Å². The summed E-state index contributed by atoms with van der Waals surface area (Å²) in [5, 5.41) is 3.48. The summed E-state index contributed by atoms with van der Waals surface area (Å²) in [6.07, 6.45) is 3.39. The van der Waals surface area contributed by atoms with Crippen molar-refractivity contribution < 1.29 is 8.42 Å². The molecular formula is C16H17NO2S. The van der Waals surface area contributed by atoms with Crippen molar-refractivity contribution in [2.75, 3.05) is 11.6 Å². The first-order valence-corrected chi connectivity index (χ1v) is 8.57. The summed E-state index contributed by atoms with van der Waals surface area (Å²) < 4.78 is 22.9. The van der Waals surface area contributed by atoms with Gasteiger partial charge in [-0.3, -0.25) is 0 Å². The van der Waals surface area contributed by atoms with E-state index in [-0.39, 0.29) is 0 Å². The standard InChI is InChI=1S/C16H17NO2S/c1-20(18,19)14-9-7-13(8-10-14)17-16-11-6-12-4-2-3-5-15(12)16/h2-5,7-10,16-17H,6,11H2,1H3. The van der Waals surface area contributed by atoms with Crippen LogP contribution in [0.4, 0.5) is 5.69 Å². The Labute approximate surface area is 119 Å². The average molecular weight is 287 g/mol. The van der Waals surface area contributed by atoms with Crippen LogP contribution < -0.4 is 5.32 Å². The Morgan fingerprint density at radius 2 is 1.75 bits per heavy atom. The summed E-state index contributed by atoms with van der Waals surface area (Å²) in [5.41, 5.74) is 3.71. The highest BCUT2D eigenvalue weighted by Gasteiger charge is 2.21. The molecule has 0 heterocycles. The summed E-state index contributed by atoms with van der Waals surface area (Å²) in [5.74, 6) is 0. The first-order chi connectivity index (χ1) is 9.54. The maximum absolute atomic E-state index is 11.4. The van der Waals surface area contributed by atoms with Crippen LogP contribution in [-0.4, -0.2) is 14.7 Å². The fraction of sp³-hybridized carbons (Fsp3) is 0.250. The molecule has 104 valence electrons. The van der Waals surface area contributed by atoms with E-state index >= 15 is 0 Å². The lowest BCUT2D eigenvalue weighted by Gasteiger charge is -2.15. The Hall–Kier alpha value is -1.81. The quantitative estimate of drug-likeness (QED) is 0.943. The largest absolute Gasteiger partial charge is 0.378 e. The minimum atomic E-state index is -3.12. The van der Waals surface area contributed by atoms with E-state index in [1.165, 1.54) is 17.4 Å². The van der Waals surface area contributed by atoms with E-state index in [0.717, 1.165) is 18.5 Å². The van der Waals surface area contributed by atoms with Crippen molar-refractivity contribution in [1.82, 2.24) is 0 Å². The van der Waals surface area contributed by atoms with Crippen LogP contribution in [0.2, 0.25) is 0 Å². The molecule has 1 atom stereocenters. The number of hydrogen-bond donors (Lipinski definition) is 1. The lowest BCUT2D eigenvalue weighted by atomic mass is 10.1. The van der Waals surface area contributed by atoms with Crippen LogP contribution in [0.3, 0.4) is 0 Å². The minimum Gasteiger partial charge on any atom is -0.378 e. The molecular weight excluding hydrogens is 270 g/mol. The number of rotatable bonds is 3. The summed E-state index contributed by atoms with van der Waals surface area (Å²) in [7, 11) is -3.12. The molecule has 2 aromatic carbocycles. The lowest BCUT2D eigenvalue weighted by molar-refractivity contribution is 0.602. The predicted octanol–water partition coefficient (Wildman–Crippen LogP) is 3.19. The average Bonchev–Trinajstić information content (AvgIpc) is 2.82. The highest BCUT2D eigenvalue weighted by molar-refractivity contribution is 7.90. The molecule has 3 nitrogen and oxygen atoms in total. The van der Waals surface area contributed by atoms with E-state index < -0.39 is 9.84 Å². The number of anilines is 1. The maximum Gasteiger partial charge on any atom is 0.175 e. The molecule has 0 amide bonds. The summed E-state index contributed by atoms with van der Waals surface area (Å²) in [4.78, 5) is 0.356. The SMILES string of the molecule is CS(=O)(=O)c1ccc(NC2CCc3ccccc32)cc1. The Bertz CT molecular complexity index is 720. The van der Waals surface area contributed by atoms with Gasteiger partial charge in [0.15, 0.2) is 9.84 Å². The van der Waals surface area contributed by atoms with Gasteiger partial charge in [-0.05, 0) is 48.2 Å². The Morgan fingerprint density at radius 1 is 1.05 bits per heavy atom. The third-order valence-corrected chi connectivity index (χ3v) is 4.88. The van der Waals surface area contributed by atoms with Gasteiger partial charge in [-0.15, -0.1) is 0 Å². The molecule has 1 aliphatic carbocycles. The lowest BCUT2D eigenvalue weighted by Crippen LogP contribution is -2.07. The molecule has 0 spiro atoms. The molecule has 3 rings (SSSR count). The monoisotopic (exact) mass is 287 g/mol. The van der Waals surface area contributed by atoms with Crippen molar-refractivity contribution in [2.45, 2.75) is 23.8 Å². The first-order valence-electron chi connectivity index (χ1n) is 6.68. The van der Waals surface area contributed by atoms with Gasteiger partial charge in [0.1, 0.15) is 0 Å². The normalized spacial score (nSPS) is 17.8. The third kappa shape index (κ3) is 2.56. The van der Waals surface area contributed by atoms with Gasteiger partial charge in [0.25, 0.3) is 0 Å². The molecule has 0 bridgehead atoms. The van der Waals surface area contributed by atoms with Crippen LogP contribution >= 0.6 is 0 Å². The zero-order valence-corrected chi connectivity index (χ0v) is 12.2. The van der Waals surface area contributed by atoms with E-state index in [4.69, 9.17) is 0 Å². The van der Waals surface area contributed by atoms with Gasteiger partial charge >= 0.3 is 0 Å². The zero-order valence-electron chi connectivity index (χ0n) is 11.3. The summed E-state index contributed by atoms with van der Waals surface area (Å²) >= 11 is 0. The second kappa shape index (κ2) is 4.94. The van der Waals surface area contributed by atoms with Crippen molar-refractivity contribution in [2.24, 2.45) is 0 Å². The fourth-order valence-corrected chi connectivity index (χ4v) is 3.34. The number of aryl methyl sites for hydroxylation is 1. The highest BCUT2D eigenvalue weighted by Crippen LogP contribution is 2.33. The zero-order chi connectivity index (χ0) is 14.2. The second-order valence-electron chi connectivity index (χ2n) is 5.23.